The van der Waals surface area contributed by atoms with E-state index >= 15 is 0 Å². The van der Waals surface area contributed by atoms with E-state index in [-0.39, 0.29) is 5.75 Å². The summed E-state index contributed by atoms with van der Waals surface area (Å²) in [6.45, 7) is 2.72. The van der Waals surface area contributed by atoms with E-state index in [2.05, 4.69) is 26.3 Å². The van der Waals surface area contributed by atoms with Gasteiger partial charge >= 0.3 is 0 Å². The summed E-state index contributed by atoms with van der Waals surface area (Å²) in [5, 5.41) is 13.2. The van der Waals surface area contributed by atoms with Gasteiger partial charge in [-0.2, -0.15) is 0 Å². The molecule has 25 heavy (non-hydrogen) atoms. The summed E-state index contributed by atoms with van der Waals surface area (Å²) in [6.07, 6.45) is 9.97. The molecule has 0 aliphatic carbocycles. The van der Waals surface area contributed by atoms with Gasteiger partial charge in [-0.05, 0) is 36.6 Å². The molecule has 1 saturated heterocycles. The Morgan fingerprint density at radius 3 is 3.00 bits per heavy atom. The highest BCUT2D eigenvalue weighted by molar-refractivity contribution is 5.55. The smallest absolute Gasteiger partial charge is 0.225 e. The molecule has 0 bridgehead atoms. The third-order valence-corrected chi connectivity index (χ3v) is 4.29. The molecule has 2 N–H and O–H groups in total. The van der Waals surface area contributed by atoms with Crippen molar-refractivity contribution in [3.8, 4) is 11.5 Å². The van der Waals surface area contributed by atoms with Gasteiger partial charge in [0.25, 0.3) is 0 Å². The number of nitrogens with zero attached hydrogens (tertiary/aromatic N) is 3. The lowest BCUT2D eigenvalue weighted by molar-refractivity contribution is 0.373. The summed E-state index contributed by atoms with van der Waals surface area (Å²) in [5.41, 5.74) is 0.999. The maximum atomic E-state index is 9.62. The van der Waals surface area contributed by atoms with Gasteiger partial charge in [-0.3, -0.25) is 0 Å². The Bertz CT molecular complexity index is 706. The van der Waals surface area contributed by atoms with Crippen molar-refractivity contribution in [2.45, 2.75) is 18.9 Å². The van der Waals surface area contributed by atoms with Crippen LogP contribution in [-0.2, 0) is 0 Å². The number of hydrogen-bond donors (Lipinski definition) is 2. The molecule has 1 aliphatic rings. The Balaban J connectivity index is 1.50. The van der Waals surface area contributed by atoms with E-state index < -0.39 is 0 Å². The first-order valence-corrected chi connectivity index (χ1v) is 8.55. The molecule has 6 heteroatoms. The van der Waals surface area contributed by atoms with Crippen LogP contribution in [0.15, 0.2) is 42.7 Å². The van der Waals surface area contributed by atoms with Crippen molar-refractivity contribution in [3.05, 3.63) is 48.3 Å². The number of rotatable bonds is 6. The highest BCUT2D eigenvalue weighted by atomic mass is 16.5. The standard InChI is InChI=1S/C19H24N4O2/c1-25-18-13-15(7-8-17(18)24)5-2-9-20-16-6-3-12-23(14-16)19-21-10-4-11-22-19/h2,4-5,7-8,10-11,13,16,20,24H,3,6,9,12,14H2,1H3/b5-2+. The molecule has 2 aromatic rings. The fraction of sp³-hybridized carbons (Fsp3) is 0.368. The van der Waals surface area contributed by atoms with Gasteiger partial charge in [-0.1, -0.05) is 18.2 Å². The molecule has 6 nitrogen and oxygen atoms in total. The predicted molar refractivity (Wildman–Crippen MR) is 99.0 cm³/mol. The Kier molecular flexibility index (Phi) is 5.85. The van der Waals surface area contributed by atoms with E-state index in [0.29, 0.717) is 11.8 Å². The van der Waals surface area contributed by atoms with Crippen LogP contribution in [0.4, 0.5) is 5.95 Å². The van der Waals surface area contributed by atoms with Crippen molar-refractivity contribution >= 4 is 12.0 Å². The molecule has 1 atom stereocenters. The number of piperidine rings is 1. The van der Waals surface area contributed by atoms with Crippen LogP contribution >= 0.6 is 0 Å². The van der Waals surface area contributed by atoms with Gasteiger partial charge in [-0.25, -0.2) is 9.97 Å². The number of benzene rings is 1. The van der Waals surface area contributed by atoms with Crippen LogP contribution in [0.5, 0.6) is 11.5 Å². The molecule has 0 saturated carbocycles. The van der Waals surface area contributed by atoms with Crippen LogP contribution in [0.25, 0.3) is 6.08 Å². The number of aromatic nitrogens is 2. The largest absolute Gasteiger partial charge is 0.504 e. The second kappa shape index (κ2) is 8.48. The van der Waals surface area contributed by atoms with Crippen molar-refractivity contribution < 1.29 is 9.84 Å². The maximum absolute atomic E-state index is 9.62. The summed E-state index contributed by atoms with van der Waals surface area (Å²) in [4.78, 5) is 10.9. The number of methoxy groups -OCH3 is 1. The second-order valence-electron chi connectivity index (χ2n) is 6.08. The first-order valence-electron chi connectivity index (χ1n) is 8.55. The minimum Gasteiger partial charge on any atom is -0.504 e. The maximum Gasteiger partial charge on any atom is 0.225 e. The van der Waals surface area contributed by atoms with Gasteiger partial charge in [0.15, 0.2) is 11.5 Å². The van der Waals surface area contributed by atoms with E-state index in [0.717, 1.165) is 44.0 Å². The van der Waals surface area contributed by atoms with Crippen LogP contribution in [0.1, 0.15) is 18.4 Å². The Hall–Kier alpha value is -2.60. The molecule has 0 radical (unpaired) electrons. The lowest BCUT2D eigenvalue weighted by Crippen LogP contribution is -2.46. The minimum absolute atomic E-state index is 0.156. The van der Waals surface area contributed by atoms with Crippen molar-refractivity contribution in [1.29, 1.82) is 0 Å². The number of aromatic hydroxyl groups is 1. The van der Waals surface area contributed by atoms with Crippen LogP contribution in [0.2, 0.25) is 0 Å². The first kappa shape index (κ1) is 17.2. The highest BCUT2D eigenvalue weighted by Gasteiger charge is 2.20. The molecule has 1 aliphatic heterocycles. The minimum atomic E-state index is 0.156. The summed E-state index contributed by atoms with van der Waals surface area (Å²) in [5.74, 6) is 1.45. The topological polar surface area (TPSA) is 70.5 Å². The van der Waals surface area contributed by atoms with Gasteiger partial charge in [0, 0.05) is 38.1 Å². The summed E-state index contributed by atoms with van der Waals surface area (Å²) in [6, 6.07) is 7.60. The average molecular weight is 340 g/mol. The lowest BCUT2D eigenvalue weighted by atomic mass is 10.1. The molecule has 2 heterocycles. The molecule has 1 aromatic heterocycles. The molecule has 132 valence electrons. The number of ether oxygens (including phenoxy) is 1. The number of anilines is 1. The summed E-state index contributed by atoms with van der Waals surface area (Å²) in [7, 11) is 1.55. The van der Waals surface area contributed by atoms with E-state index in [1.54, 1.807) is 25.6 Å². The van der Waals surface area contributed by atoms with Crippen LogP contribution in [0.3, 0.4) is 0 Å². The summed E-state index contributed by atoms with van der Waals surface area (Å²) < 4.78 is 5.12. The first-order chi connectivity index (χ1) is 12.3. The molecule has 3 rings (SSSR count). The molecule has 1 unspecified atom stereocenters. The molecule has 1 aromatic carbocycles. The van der Waals surface area contributed by atoms with E-state index in [1.165, 1.54) is 0 Å². The van der Waals surface area contributed by atoms with Crippen molar-refractivity contribution in [3.63, 3.8) is 0 Å². The predicted octanol–water partition coefficient (Wildman–Crippen LogP) is 2.46. The van der Waals surface area contributed by atoms with Crippen LogP contribution in [-0.4, -0.2) is 47.9 Å². The van der Waals surface area contributed by atoms with Gasteiger partial charge in [0.2, 0.25) is 5.95 Å². The molecule has 1 fully saturated rings. The Morgan fingerprint density at radius 2 is 2.20 bits per heavy atom. The molecular formula is C19H24N4O2. The third kappa shape index (κ3) is 4.70. The van der Waals surface area contributed by atoms with Crippen molar-refractivity contribution in [2.24, 2.45) is 0 Å². The van der Waals surface area contributed by atoms with Gasteiger partial charge < -0.3 is 20.1 Å². The number of phenolic OH excluding ortho intramolecular Hbond substituents is 1. The quantitative estimate of drug-likeness (QED) is 0.842. The van der Waals surface area contributed by atoms with Crippen LogP contribution in [0, 0.1) is 0 Å². The van der Waals surface area contributed by atoms with Crippen molar-refractivity contribution in [1.82, 2.24) is 15.3 Å². The fourth-order valence-electron chi connectivity index (χ4n) is 3.01. The Labute approximate surface area is 148 Å². The normalized spacial score (nSPS) is 17.8. The zero-order valence-corrected chi connectivity index (χ0v) is 14.4. The second-order valence-corrected chi connectivity index (χ2v) is 6.08. The number of hydrogen-bond acceptors (Lipinski definition) is 6. The van der Waals surface area contributed by atoms with E-state index in [1.807, 2.05) is 24.3 Å². The number of nitrogens with one attached hydrogen (secondary N) is 1. The Morgan fingerprint density at radius 1 is 1.36 bits per heavy atom. The molecular weight excluding hydrogens is 316 g/mol. The fourth-order valence-corrected chi connectivity index (χ4v) is 3.01. The van der Waals surface area contributed by atoms with Gasteiger partial charge in [0.05, 0.1) is 7.11 Å². The van der Waals surface area contributed by atoms with Gasteiger partial charge in [-0.15, -0.1) is 0 Å². The average Bonchev–Trinajstić information content (AvgIpc) is 2.67. The van der Waals surface area contributed by atoms with Gasteiger partial charge in [0.1, 0.15) is 0 Å². The SMILES string of the molecule is COc1cc(/C=C/CNC2CCCN(c3ncccn3)C2)ccc1O. The van der Waals surface area contributed by atoms with E-state index in [9.17, 15) is 5.11 Å². The van der Waals surface area contributed by atoms with E-state index in [4.69, 9.17) is 4.74 Å². The zero-order chi connectivity index (χ0) is 17.5. The number of phenols is 1. The third-order valence-electron chi connectivity index (χ3n) is 4.29. The monoisotopic (exact) mass is 340 g/mol. The lowest BCUT2D eigenvalue weighted by Gasteiger charge is -2.33. The van der Waals surface area contributed by atoms with Crippen LogP contribution < -0.4 is 15.0 Å². The molecule has 0 spiro atoms. The zero-order valence-electron chi connectivity index (χ0n) is 14.4. The summed E-state index contributed by atoms with van der Waals surface area (Å²) >= 11 is 0. The highest BCUT2D eigenvalue weighted by Crippen LogP contribution is 2.26. The van der Waals surface area contributed by atoms with Crippen molar-refractivity contribution in [2.75, 3.05) is 31.6 Å². The molecule has 0 amide bonds.